The van der Waals surface area contributed by atoms with Crippen LogP contribution in [0.5, 0.6) is 0 Å². The van der Waals surface area contributed by atoms with Gasteiger partial charge in [-0.2, -0.15) is 0 Å². The zero-order chi connectivity index (χ0) is 11.0. The first kappa shape index (κ1) is 11.0. The summed E-state index contributed by atoms with van der Waals surface area (Å²) < 4.78 is 0. The highest BCUT2D eigenvalue weighted by Crippen LogP contribution is 2.41. The van der Waals surface area contributed by atoms with Crippen molar-refractivity contribution in [3.05, 3.63) is 0 Å². The SMILES string of the molecule is CC1CC(N2CCNCC23CCCCC3)C1. The second-order valence-corrected chi connectivity index (χ2v) is 6.39. The molecule has 3 rings (SSSR count). The second-order valence-electron chi connectivity index (χ2n) is 6.39. The predicted octanol–water partition coefficient (Wildman–Crippen LogP) is 2.39. The molecule has 0 aromatic carbocycles. The lowest BCUT2D eigenvalue weighted by atomic mass is 9.73. The number of rotatable bonds is 1. The van der Waals surface area contributed by atoms with E-state index in [1.54, 1.807) is 0 Å². The molecule has 0 aromatic rings. The molecule has 3 fully saturated rings. The van der Waals surface area contributed by atoms with E-state index < -0.39 is 0 Å². The molecule has 0 amide bonds. The first-order valence-corrected chi connectivity index (χ1v) is 7.28. The third-order valence-electron chi connectivity index (χ3n) is 5.17. The van der Waals surface area contributed by atoms with Crippen LogP contribution >= 0.6 is 0 Å². The fourth-order valence-corrected chi connectivity index (χ4v) is 4.22. The van der Waals surface area contributed by atoms with Gasteiger partial charge in [0.1, 0.15) is 0 Å². The van der Waals surface area contributed by atoms with Crippen molar-refractivity contribution in [2.45, 2.75) is 63.5 Å². The summed E-state index contributed by atoms with van der Waals surface area (Å²) in [4.78, 5) is 2.91. The molecule has 0 bridgehead atoms. The number of piperazine rings is 1. The van der Waals surface area contributed by atoms with Crippen LogP contribution in [-0.2, 0) is 0 Å². The average molecular weight is 222 g/mol. The van der Waals surface area contributed by atoms with E-state index in [2.05, 4.69) is 17.1 Å². The molecule has 2 heteroatoms. The summed E-state index contributed by atoms with van der Waals surface area (Å²) in [5, 5.41) is 3.65. The van der Waals surface area contributed by atoms with E-state index in [4.69, 9.17) is 0 Å². The maximum Gasteiger partial charge on any atom is 0.0337 e. The van der Waals surface area contributed by atoms with E-state index in [0.717, 1.165) is 12.0 Å². The van der Waals surface area contributed by atoms with Crippen LogP contribution in [0.15, 0.2) is 0 Å². The van der Waals surface area contributed by atoms with Gasteiger partial charge in [-0.3, -0.25) is 4.90 Å². The highest BCUT2D eigenvalue weighted by atomic mass is 15.3. The van der Waals surface area contributed by atoms with Crippen LogP contribution < -0.4 is 5.32 Å². The Balaban J connectivity index is 1.72. The minimum absolute atomic E-state index is 0.557. The molecular weight excluding hydrogens is 196 g/mol. The van der Waals surface area contributed by atoms with Crippen LogP contribution in [0.3, 0.4) is 0 Å². The molecule has 1 N–H and O–H groups in total. The minimum Gasteiger partial charge on any atom is -0.314 e. The van der Waals surface area contributed by atoms with Gasteiger partial charge < -0.3 is 5.32 Å². The number of hydrogen-bond donors (Lipinski definition) is 1. The van der Waals surface area contributed by atoms with Crippen molar-refractivity contribution in [3.8, 4) is 0 Å². The summed E-state index contributed by atoms with van der Waals surface area (Å²) in [5.41, 5.74) is 0.557. The number of nitrogens with one attached hydrogen (secondary N) is 1. The van der Waals surface area contributed by atoms with Crippen LogP contribution in [0.2, 0.25) is 0 Å². The Morgan fingerprint density at radius 3 is 2.56 bits per heavy atom. The summed E-state index contributed by atoms with van der Waals surface area (Å²) in [7, 11) is 0. The predicted molar refractivity (Wildman–Crippen MR) is 67.6 cm³/mol. The molecule has 2 aliphatic carbocycles. The fraction of sp³-hybridized carbons (Fsp3) is 1.00. The average Bonchev–Trinajstić information content (AvgIpc) is 2.27. The van der Waals surface area contributed by atoms with Gasteiger partial charge in [-0.15, -0.1) is 0 Å². The maximum absolute atomic E-state index is 3.65. The summed E-state index contributed by atoms with van der Waals surface area (Å²) in [6.07, 6.45) is 10.2. The lowest BCUT2D eigenvalue weighted by molar-refractivity contribution is -0.0469. The Bertz CT molecular complexity index is 231. The Morgan fingerprint density at radius 1 is 1.12 bits per heavy atom. The van der Waals surface area contributed by atoms with Crippen LogP contribution in [0.25, 0.3) is 0 Å². The first-order chi connectivity index (χ1) is 7.80. The first-order valence-electron chi connectivity index (χ1n) is 7.28. The van der Waals surface area contributed by atoms with E-state index >= 15 is 0 Å². The normalized spacial score (nSPS) is 39.6. The van der Waals surface area contributed by atoms with Crippen LogP contribution in [-0.4, -0.2) is 36.1 Å². The van der Waals surface area contributed by atoms with E-state index in [1.165, 1.54) is 64.6 Å². The quantitative estimate of drug-likeness (QED) is 0.733. The maximum atomic E-state index is 3.65. The van der Waals surface area contributed by atoms with Gasteiger partial charge in [0, 0.05) is 31.2 Å². The molecule has 2 saturated carbocycles. The standard InChI is InChI=1S/C14H26N2/c1-12-9-13(10-12)16-8-7-15-11-14(16)5-3-2-4-6-14/h12-13,15H,2-11H2,1H3. The summed E-state index contributed by atoms with van der Waals surface area (Å²) in [5.74, 6) is 0.987. The van der Waals surface area contributed by atoms with Crippen LogP contribution in [0, 0.1) is 5.92 Å². The van der Waals surface area contributed by atoms with Crippen molar-refractivity contribution in [2.75, 3.05) is 19.6 Å². The van der Waals surface area contributed by atoms with Gasteiger partial charge in [0.25, 0.3) is 0 Å². The molecule has 0 atom stereocenters. The van der Waals surface area contributed by atoms with Gasteiger partial charge in [-0.25, -0.2) is 0 Å². The zero-order valence-electron chi connectivity index (χ0n) is 10.7. The third-order valence-corrected chi connectivity index (χ3v) is 5.17. The van der Waals surface area contributed by atoms with Crippen LogP contribution in [0.4, 0.5) is 0 Å². The van der Waals surface area contributed by atoms with E-state index in [-0.39, 0.29) is 0 Å². The fourth-order valence-electron chi connectivity index (χ4n) is 4.22. The molecule has 92 valence electrons. The van der Waals surface area contributed by atoms with Crippen molar-refractivity contribution in [3.63, 3.8) is 0 Å². The van der Waals surface area contributed by atoms with Gasteiger partial charge in [0.2, 0.25) is 0 Å². The Hall–Kier alpha value is -0.0800. The van der Waals surface area contributed by atoms with Crippen molar-refractivity contribution >= 4 is 0 Å². The molecule has 1 heterocycles. The molecular formula is C14H26N2. The van der Waals surface area contributed by atoms with Gasteiger partial charge in [0.15, 0.2) is 0 Å². The lowest BCUT2D eigenvalue weighted by Crippen LogP contribution is -2.66. The Labute approximate surface area is 99.8 Å². The van der Waals surface area contributed by atoms with Crippen molar-refractivity contribution in [1.29, 1.82) is 0 Å². The molecule has 3 aliphatic rings. The number of nitrogens with zero attached hydrogens (tertiary/aromatic N) is 1. The molecule has 0 radical (unpaired) electrons. The molecule has 1 aliphatic heterocycles. The monoisotopic (exact) mass is 222 g/mol. The van der Waals surface area contributed by atoms with Crippen LogP contribution in [0.1, 0.15) is 51.9 Å². The zero-order valence-corrected chi connectivity index (χ0v) is 10.7. The molecule has 2 nitrogen and oxygen atoms in total. The smallest absolute Gasteiger partial charge is 0.0337 e. The van der Waals surface area contributed by atoms with Gasteiger partial charge in [0.05, 0.1) is 0 Å². The molecule has 1 saturated heterocycles. The van der Waals surface area contributed by atoms with Crippen molar-refractivity contribution < 1.29 is 0 Å². The highest BCUT2D eigenvalue weighted by molar-refractivity contribution is 5.02. The molecule has 0 aromatic heterocycles. The molecule has 16 heavy (non-hydrogen) atoms. The highest BCUT2D eigenvalue weighted by Gasteiger charge is 2.45. The minimum atomic E-state index is 0.557. The third kappa shape index (κ3) is 1.80. The summed E-state index contributed by atoms with van der Waals surface area (Å²) >= 11 is 0. The van der Waals surface area contributed by atoms with Gasteiger partial charge in [-0.05, 0) is 31.6 Å². The number of hydrogen-bond acceptors (Lipinski definition) is 2. The summed E-state index contributed by atoms with van der Waals surface area (Å²) in [6.45, 7) is 6.19. The Morgan fingerprint density at radius 2 is 1.88 bits per heavy atom. The van der Waals surface area contributed by atoms with Crippen molar-refractivity contribution in [1.82, 2.24) is 10.2 Å². The van der Waals surface area contributed by atoms with Gasteiger partial charge in [-0.1, -0.05) is 26.2 Å². The van der Waals surface area contributed by atoms with E-state index in [9.17, 15) is 0 Å². The van der Waals surface area contributed by atoms with Gasteiger partial charge >= 0.3 is 0 Å². The lowest BCUT2D eigenvalue weighted by Gasteiger charge is -2.56. The van der Waals surface area contributed by atoms with E-state index in [0.29, 0.717) is 5.54 Å². The molecule has 0 unspecified atom stereocenters. The summed E-state index contributed by atoms with van der Waals surface area (Å²) in [6, 6.07) is 0.926. The second kappa shape index (κ2) is 4.30. The molecule has 1 spiro atoms. The van der Waals surface area contributed by atoms with E-state index in [1.807, 2.05) is 0 Å². The van der Waals surface area contributed by atoms with Crippen molar-refractivity contribution in [2.24, 2.45) is 5.92 Å². The largest absolute Gasteiger partial charge is 0.314 e. The Kier molecular flexibility index (Phi) is 2.97. The topological polar surface area (TPSA) is 15.3 Å².